The minimum atomic E-state index is -5.38. The first-order chi connectivity index (χ1) is 19.1. The summed E-state index contributed by atoms with van der Waals surface area (Å²) in [6.07, 6.45) is -5.38. The zero-order valence-electron chi connectivity index (χ0n) is 21.0. The normalized spacial score (nSPS) is 18.0. The minimum absolute atomic E-state index is 0.0150. The van der Waals surface area contributed by atoms with Gasteiger partial charge in [0.15, 0.2) is 5.58 Å². The summed E-state index contributed by atoms with van der Waals surface area (Å²) < 4.78 is 68.0. The molecule has 0 spiro atoms. The van der Waals surface area contributed by atoms with Gasteiger partial charge in [-0.2, -0.15) is 18.2 Å². The summed E-state index contributed by atoms with van der Waals surface area (Å²) in [4.78, 5) is 33.1. The molecule has 0 fully saturated rings. The number of fused-ring (bicyclic) bond motifs is 2. The molecule has 3 heterocycles. The maximum atomic E-state index is 14.5. The smallest absolute Gasteiger partial charge is 0.424 e. The highest BCUT2D eigenvalue weighted by molar-refractivity contribution is 6.35. The van der Waals surface area contributed by atoms with Crippen molar-refractivity contribution in [2.45, 2.75) is 24.1 Å². The Morgan fingerprint density at radius 2 is 1.85 bits per heavy atom. The van der Waals surface area contributed by atoms with Crippen molar-refractivity contribution in [3.63, 3.8) is 0 Å². The Labute approximate surface area is 233 Å². The van der Waals surface area contributed by atoms with Gasteiger partial charge < -0.3 is 31.0 Å². The van der Waals surface area contributed by atoms with E-state index < -0.39 is 47.1 Å². The minimum Gasteiger partial charge on any atom is -0.489 e. The molecule has 1 aliphatic heterocycles. The van der Waals surface area contributed by atoms with Gasteiger partial charge in [-0.15, -0.1) is 0 Å². The van der Waals surface area contributed by atoms with Crippen LogP contribution in [0, 0.1) is 5.82 Å². The quantitative estimate of drug-likeness (QED) is 0.246. The van der Waals surface area contributed by atoms with Gasteiger partial charge >= 0.3 is 6.18 Å². The van der Waals surface area contributed by atoms with E-state index in [0.717, 1.165) is 24.3 Å². The number of benzene rings is 2. The Bertz CT molecular complexity index is 1710. The molecule has 0 saturated heterocycles. The number of nitrogens with two attached hydrogens (primary N) is 2. The number of nitrogen functional groups attached to an aromatic ring is 1. The number of carbonyl (C=O) groups excluding carboxylic acids is 2. The molecule has 15 heteroatoms. The van der Waals surface area contributed by atoms with Crippen LogP contribution in [-0.2, 0) is 15.8 Å². The molecule has 6 N–H and O–H groups in total. The molecule has 5 rings (SSSR count). The average molecular weight is 594 g/mol. The van der Waals surface area contributed by atoms with Crippen molar-refractivity contribution in [2.75, 3.05) is 18.9 Å². The highest BCUT2D eigenvalue weighted by atomic mass is 35.5. The van der Waals surface area contributed by atoms with Crippen molar-refractivity contribution in [1.82, 2.24) is 15.3 Å². The van der Waals surface area contributed by atoms with Crippen LogP contribution in [0.2, 0.25) is 5.02 Å². The SMILES string of the molecule is C[C@]1(C(N)=O)COc2c1cc(C(O)(CNC(=O)c1cc(Cl)c3nc(N)oc3c1)C(F)(F)F)nc2-c1ccc(F)cc1. The molecule has 2 amide bonds. The summed E-state index contributed by atoms with van der Waals surface area (Å²) in [6.45, 7) is -0.343. The first kappa shape index (κ1) is 28.1. The predicted octanol–water partition coefficient (Wildman–Crippen LogP) is 3.58. The Hall–Kier alpha value is -4.43. The molecule has 0 saturated carbocycles. The van der Waals surface area contributed by atoms with Crippen LogP contribution in [0.1, 0.15) is 28.5 Å². The summed E-state index contributed by atoms with van der Waals surface area (Å²) >= 11 is 6.10. The predicted molar refractivity (Wildman–Crippen MR) is 137 cm³/mol. The van der Waals surface area contributed by atoms with Gasteiger partial charge in [-0.1, -0.05) is 11.6 Å². The average Bonchev–Trinajstić information content (AvgIpc) is 3.46. The Morgan fingerprint density at radius 3 is 2.49 bits per heavy atom. The molecule has 0 aliphatic carbocycles. The lowest BCUT2D eigenvalue weighted by Gasteiger charge is -2.31. The van der Waals surface area contributed by atoms with Crippen molar-refractivity contribution < 1.29 is 41.4 Å². The van der Waals surface area contributed by atoms with E-state index in [1.807, 2.05) is 5.32 Å². The number of hydrogen-bond donors (Lipinski definition) is 4. The van der Waals surface area contributed by atoms with Gasteiger partial charge in [0.1, 0.15) is 34.8 Å². The van der Waals surface area contributed by atoms with E-state index >= 15 is 0 Å². The van der Waals surface area contributed by atoms with E-state index in [-0.39, 0.29) is 56.9 Å². The van der Waals surface area contributed by atoms with Gasteiger partial charge in [0.2, 0.25) is 11.5 Å². The van der Waals surface area contributed by atoms with Gasteiger partial charge in [0.05, 0.1) is 17.3 Å². The topological polar surface area (TPSA) is 167 Å². The monoisotopic (exact) mass is 593 g/mol. The van der Waals surface area contributed by atoms with Crippen molar-refractivity contribution in [1.29, 1.82) is 0 Å². The third kappa shape index (κ3) is 4.68. The molecular formula is C26H20ClF4N5O5. The van der Waals surface area contributed by atoms with E-state index in [2.05, 4.69) is 9.97 Å². The van der Waals surface area contributed by atoms with Crippen LogP contribution in [0.15, 0.2) is 46.9 Å². The first-order valence-electron chi connectivity index (χ1n) is 11.8. The molecule has 2 atom stereocenters. The third-order valence-corrected chi connectivity index (χ3v) is 7.15. The van der Waals surface area contributed by atoms with Gasteiger partial charge in [0.25, 0.3) is 11.9 Å². The Balaban J connectivity index is 1.59. The summed E-state index contributed by atoms with van der Waals surface area (Å²) in [7, 11) is 0. The number of amides is 2. The van der Waals surface area contributed by atoms with E-state index in [1.165, 1.54) is 25.1 Å². The largest absolute Gasteiger partial charge is 0.489 e. The number of carbonyl (C=O) groups is 2. The molecule has 41 heavy (non-hydrogen) atoms. The number of nitrogens with one attached hydrogen (secondary N) is 1. The number of anilines is 1. The number of rotatable bonds is 6. The number of hydrogen-bond acceptors (Lipinski definition) is 8. The number of halogens is 5. The van der Waals surface area contributed by atoms with Crippen molar-refractivity contribution in [2.24, 2.45) is 5.73 Å². The zero-order chi connectivity index (χ0) is 29.9. The fraction of sp³-hybridized carbons (Fsp3) is 0.231. The number of nitrogens with zero attached hydrogens (tertiary/aromatic N) is 2. The molecule has 2 aromatic carbocycles. The standard InChI is InChI=1S/C26H20ClF4N5O5/c1-24(22(32)38)10-40-20-14(24)8-17(35-18(20)11-2-4-13(28)5-3-11)25(39,26(29,30)31)9-34-21(37)12-6-15(27)19-16(7-12)41-23(33)36-19/h2-8,39H,9-10H2,1H3,(H2,32,38)(H2,33,36)(H,34,37)/t24-,25?/m0/s1. The number of aliphatic hydroxyl groups is 1. The van der Waals surface area contributed by atoms with E-state index in [9.17, 15) is 32.3 Å². The van der Waals surface area contributed by atoms with Crippen molar-refractivity contribution in [3.05, 3.63) is 70.1 Å². The van der Waals surface area contributed by atoms with E-state index in [1.54, 1.807) is 0 Å². The summed E-state index contributed by atoms with van der Waals surface area (Å²) in [5, 5.41) is 13.1. The van der Waals surface area contributed by atoms with E-state index in [0.29, 0.717) is 0 Å². The van der Waals surface area contributed by atoms with Gasteiger partial charge in [0, 0.05) is 16.7 Å². The molecule has 2 aromatic heterocycles. The van der Waals surface area contributed by atoms with E-state index in [4.69, 9.17) is 32.2 Å². The van der Waals surface area contributed by atoms with Gasteiger partial charge in [-0.05, 0) is 49.4 Å². The molecule has 10 nitrogen and oxygen atoms in total. The van der Waals surface area contributed by atoms with Crippen LogP contribution in [-0.4, -0.2) is 46.2 Å². The second-order valence-corrected chi connectivity index (χ2v) is 10.0. The number of primary amides is 1. The highest BCUT2D eigenvalue weighted by Crippen LogP contribution is 2.47. The lowest BCUT2D eigenvalue weighted by atomic mass is 9.81. The fourth-order valence-electron chi connectivity index (χ4n) is 4.39. The zero-order valence-corrected chi connectivity index (χ0v) is 21.7. The van der Waals surface area contributed by atoms with Crippen LogP contribution in [0.25, 0.3) is 22.4 Å². The summed E-state index contributed by atoms with van der Waals surface area (Å²) in [5.74, 6) is -2.62. The lowest BCUT2D eigenvalue weighted by Crippen LogP contribution is -2.51. The molecule has 214 valence electrons. The molecular weight excluding hydrogens is 574 g/mol. The van der Waals surface area contributed by atoms with Gasteiger partial charge in [-0.25, -0.2) is 9.37 Å². The second kappa shape index (κ2) is 9.59. The van der Waals surface area contributed by atoms with Crippen molar-refractivity contribution >= 4 is 40.5 Å². The van der Waals surface area contributed by atoms with Crippen LogP contribution in [0.3, 0.4) is 0 Å². The van der Waals surface area contributed by atoms with Crippen LogP contribution in [0.5, 0.6) is 5.75 Å². The third-order valence-electron chi connectivity index (χ3n) is 6.86. The fourth-order valence-corrected chi connectivity index (χ4v) is 4.64. The number of oxazole rings is 1. The lowest BCUT2D eigenvalue weighted by molar-refractivity contribution is -0.265. The second-order valence-electron chi connectivity index (χ2n) is 9.62. The van der Waals surface area contributed by atoms with Crippen LogP contribution >= 0.6 is 11.6 Å². The molecule has 0 bridgehead atoms. The van der Waals surface area contributed by atoms with Crippen LogP contribution in [0.4, 0.5) is 23.6 Å². The van der Waals surface area contributed by atoms with Crippen LogP contribution < -0.4 is 21.5 Å². The maximum Gasteiger partial charge on any atom is 0.424 e. The molecule has 4 aromatic rings. The number of alkyl halides is 3. The summed E-state index contributed by atoms with van der Waals surface area (Å²) in [6, 6.07) is 7.53. The first-order valence-corrected chi connectivity index (χ1v) is 12.2. The Morgan fingerprint density at radius 1 is 1.17 bits per heavy atom. The highest BCUT2D eigenvalue weighted by Gasteiger charge is 2.57. The molecule has 0 radical (unpaired) electrons. The number of pyridine rings is 1. The van der Waals surface area contributed by atoms with Gasteiger partial charge in [-0.3, -0.25) is 9.59 Å². The number of aromatic nitrogens is 2. The molecule has 1 unspecified atom stereocenters. The summed E-state index contributed by atoms with van der Waals surface area (Å²) in [5.41, 5.74) is 4.57. The maximum absolute atomic E-state index is 14.5. The Kier molecular flexibility index (Phi) is 6.58. The van der Waals surface area contributed by atoms with Crippen molar-refractivity contribution in [3.8, 4) is 17.0 Å². The number of ether oxygens (including phenoxy) is 1. The molecule has 1 aliphatic rings.